The summed E-state index contributed by atoms with van der Waals surface area (Å²) in [6.07, 6.45) is 0.734. The molecule has 6 unspecified atom stereocenters. The SMILES string of the molecule is O=C1OC2C3CC4C2OC(=O)C4C13. The second-order valence-electron chi connectivity index (χ2n) is 4.42. The fraction of sp³-hybridized carbons (Fsp3) is 0.778. The van der Waals surface area contributed by atoms with Crippen LogP contribution in [-0.2, 0) is 19.1 Å². The maximum absolute atomic E-state index is 11.4. The van der Waals surface area contributed by atoms with Gasteiger partial charge in [0.2, 0.25) is 0 Å². The number of carbonyl (C=O) groups excluding carboxylic acids is 2. The standard InChI is InChI=1S/C9H8O4/c10-8-4-2-1-3-5(4)9(11)13-7(3)6(2)12-8/h2-7H,1H2. The van der Waals surface area contributed by atoms with Crippen molar-refractivity contribution in [1.82, 2.24) is 0 Å². The van der Waals surface area contributed by atoms with Crippen LogP contribution in [0.25, 0.3) is 0 Å². The molecule has 0 aromatic carbocycles. The van der Waals surface area contributed by atoms with Gasteiger partial charge in [-0.2, -0.15) is 0 Å². The molecule has 2 aliphatic heterocycles. The van der Waals surface area contributed by atoms with Gasteiger partial charge >= 0.3 is 11.9 Å². The molecule has 2 bridgehead atoms. The second-order valence-corrected chi connectivity index (χ2v) is 4.42. The average Bonchev–Trinajstić information content (AvgIpc) is 2.67. The Bertz CT molecular complexity index is 301. The average molecular weight is 180 g/mol. The molecule has 4 heteroatoms. The van der Waals surface area contributed by atoms with Crippen molar-refractivity contribution in [2.45, 2.75) is 18.6 Å². The first-order valence-corrected chi connectivity index (χ1v) is 4.68. The summed E-state index contributed by atoms with van der Waals surface area (Å²) in [5, 5.41) is 0. The van der Waals surface area contributed by atoms with Crippen LogP contribution < -0.4 is 0 Å². The zero-order valence-corrected chi connectivity index (χ0v) is 6.80. The maximum atomic E-state index is 11.4. The van der Waals surface area contributed by atoms with E-state index in [-0.39, 0.29) is 47.8 Å². The van der Waals surface area contributed by atoms with Crippen LogP contribution in [0.1, 0.15) is 6.42 Å². The molecule has 0 aromatic heterocycles. The Balaban J connectivity index is 1.94. The normalized spacial score (nSPS) is 60.0. The molecule has 2 saturated heterocycles. The van der Waals surface area contributed by atoms with Gasteiger partial charge < -0.3 is 9.47 Å². The minimum Gasteiger partial charge on any atom is -0.458 e. The molecule has 2 aliphatic carbocycles. The number of ether oxygens (including phenoxy) is 2. The quantitative estimate of drug-likeness (QED) is 0.481. The van der Waals surface area contributed by atoms with Crippen LogP contribution in [0.4, 0.5) is 0 Å². The number of hydrogen-bond acceptors (Lipinski definition) is 4. The van der Waals surface area contributed by atoms with Crippen molar-refractivity contribution in [3.63, 3.8) is 0 Å². The minimum absolute atomic E-state index is 0.106. The summed E-state index contributed by atoms with van der Waals surface area (Å²) in [4.78, 5) is 22.8. The van der Waals surface area contributed by atoms with E-state index in [1.165, 1.54) is 0 Å². The summed E-state index contributed by atoms with van der Waals surface area (Å²) in [5.41, 5.74) is 0. The number of hydrogen-bond donors (Lipinski definition) is 0. The van der Waals surface area contributed by atoms with E-state index in [4.69, 9.17) is 9.47 Å². The highest BCUT2D eigenvalue weighted by Crippen LogP contribution is 2.62. The highest BCUT2D eigenvalue weighted by molar-refractivity contribution is 5.88. The first-order valence-electron chi connectivity index (χ1n) is 4.68. The second kappa shape index (κ2) is 1.61. The number of rotatable bonds is 0. The van der Waals surface area contributed by atoms with Crippen molar-refractivity contribution in [2.75, 3.05) is 0 Å². The van der Waals surface area contributed by atoms with Crippen LogP contribution in [0.15, 0.2) is 0 Å². The Morgan fingerprint density at radius 3 is 1.85 bits per heavy atom. The van der Waals surface area contributed by atoms with Crippen molar-refractivity contribution < 1.29 is 19.1 Å². The van der Waals surface area contributed by atoms with Crippen LogP contribution in [-0.4, -0.2) is 24.1 Å². The minimum atomic E-state index is -0.166. The molecule has 6 atom stereocenters. The molecule has 0 spiro atoms. The van der Waals surface area contributed by atoms with Crippen LogP contribution >= 0.6 is 0 Å². The lowest BCUT2D eigenvalue weighted by molar-refractivity contribution is -0.160. The maximum Gasteiger partial charge on any atom is 0.310 e. The molecule has 0 N–H and O–H groups in total. The number of esters is 2. The summed E-state index contributed by atoms with van der Waals surface area (Å²) in [6.45, 7) is 0. The zero-order chi connectivity index (χ0) is 8.74. The Labute approximate surface area is 74.2 Å². The van der Waals surface area contributed by atoms with Gasteiger partial charge in [-0.1, -0.05) is 0 Å². The predicted octanol–water partition coefficient (Wildman–Crippen LogP) is -0.281. The fourth-order valence-electron chi connectivity index (χ4n) is 3.68. The monoisotopic (exact) mass is 180 g/mol. The van der Waals surface area contributed by atoms with Gasteiger partial charge in [-0.05, 0) is 6.42 Å². The number of fused-ring (bicyclic) bond motifs is 2. The molecule has 2 saturated carbocycles. The van der Waals surface area contributed by atoms with Gasteiger partial charge in [0.05, 0.1) is 11.8 Å². The Morgan fingerprint density at radius 1 is 0.923 bits per heavy atom. The van der Waals surface area contributed by atoms with Crippen molar-refractivity contribution in [3.05, 3.63) is 0 Å². The lowest BCUT2D eigenvalue weighted by atomic mass is 9.81. The van der Waals surface area contributed by atoms with Crippen molar-refractivity contribution in [1.29, 1.82) is 0 Å². The van der Waals surface area contributed by atoms with Crippen molar-refractivity contribution >= 4 is 11.9 Å². The Hall–Kier alpha value is -1.06. The van der Waals surface area contributed by atoms with Gasteiger partial charge in [-0.15, -0.1) is 0 Å². The highest BCUT2D eigenvalue weighted by atomic mass is 16.6. The molecule has 4 nitrogen and oxygen atoms in total. The third-order valence-electron chi connectivity index (χ3n) is 4.07. The smallest absolute Gasteiger partial charge is 0.310 e. The zero-order valence-electron chi connectivity index (χ0n) is 6.80. The van der Waals surface area contributed by atoms with Crippen LogP contribution in [0.5, 0.6) is 0 Å². The van der Waals surface area contributed by atoms with Crippen LogP contribution in [0.2, 0.25) is 0 Å². The van der Waals surface area contributed by atoms with Crippen molar-refractivity contribution in [2.24, 2.45) is 23.7 Å². The van der Waals surface area contributed by atoms with E-state index in [9.17, 15) is 9.59 Å². The van der Waals surface area contributed by atoms with E-state index < -0.39 is 0 Å². The highest BCUT2D eigenvalue weighted by Gasteiger charge is 2.73. The first kappa shape index (κ1) is 6.40. The molecule has 0 radical (unpaired) electrons. The molecule has 4 fully saturated rings. The lowest BCUT2D eigenvalue weighted by Gasteiger charge is -2.17. The molecule has 4 aliphatic rings. The van der Waals surface area contributed by atoms with E-state index in [1.54, 1.807) is 0 Å². The van der Waals surface area contributed by atoms with E-state index >= 15 is 0 Å². The van der Waals surface area contributed by atoms with E-state index in [0.29, 0.717) is 0 Å². The molecule has 2 heterocycles. The van der Waals surface area contributed by atoms with E-state index in [1.807, 2.05) is 0 Å². The lowest BCUT2D eigenvalue weighted by Crippen LogP contribution is -2.31. The Morgan fingerprint density at radius 2 is 1.38 bits per heavy atom. The van der Waals surface area contributed by atoms with Crippen LogP contribution in [0, 0.1) is 23.7 Å². The summed E-state index contributed by atoms with van der Waals surface area (Å²) in [6, 6.07) is 0. The van der Waals surface area contributed by atoms with Crippen molar-refractivity contribution in [3.8, 4) is 0 Å². The fourth-order valence-corrected chi connectivity index (χ4v) is 3.68. The molecule has 4 rings (SSSR count). The van der Waals surface area contributed by atoms with Gasteiger partial charge in [0, 0.05) is 11.8 Å². The molecule has 13 heavy (non-hydrogen) atoms. The van der Waals surface area contributed by atoms with Gasteiger partial charge in [-0.3, -0.25) is 9.59 Å². The molecule has 68 valence electrons. The van der Waals surface area contributed by atoms with Gasteiger partial charge in [0.15, 0.2) is 0 Å². The summed E-state index contributed by atoms with van der Waals surface area (Å²) in [7, 11) is 0. The van der Waals surface area contributed by atoms with Gasteiger partial charge in [0.25, 0.3) is 0 Å². The topological polar surface area (TPSA) is 52.6 Å². The van der Waals surface area contributed by atoms with Gasteiger partial charge in [-0.25, -0.2) is 0 Å². The first-order chi connectivity index (χ1) is 6.27. The summed E-state index contributed by atoms with van der Waals surface area (Å²) in [5.74, 6) is -0.108. The summed E-state index contributed by atoms with van der Waals surface area (Å²) < 4.78 is 10.4. The third-order valence-corrected chi connectivity index (χ3v) is 4.07. The largest absolute Gasteiger partial charge is 0.458 e. The predicted molar refractivity (Wildman–Crippen MR) is 38.3 cm³/mol. The molecular formula is C9H8O4. The van der Waals surface area contributed by atoms with Gasteiger partial charge in [0.1, 0.15) is 12.2 Å². The molecule has 0 amide bonds. The van der Waals surface area contributed by atoms with E-state index in [0.717, 1.165) is 6.42 Å². The molecule has 0 aromatic rings. The van der Waals surface area contributed by atoms with E-state index in [2.05, 4.69) is 0 Å². The third kappa shape index (κ3) is 0.474. The number of carbonyl (C=O) groups is 2. The molecular weight excluding hydrogens is 172 g/mol. The summed E-state index contributed by atoms with van der Waals surface area (Å²) >= 11 is 0. The Kier molecular flexibility index (Phi) is 0.791. The van der Waals surface area contributed by atoms with Crippen LogP contribution in [0.3, 0.4) is 0 Å².